The van der Waals surface area contributed by atoms with Crippen LogP contribution in [0.3, 0.4) is 0 Å². The second-order valence-electron chi connectivity index (χ2n) is 5.96. The van der Waals surface area contributed by atoms with Gasteiger partial charge in [-0.3, -0.25) is 4.79 Å². The Morgan fingerprint density at radius 3 is 2.52 bits per heavy atom. The van der Waals surface area contributed by atoms with E-state index in [1.807, 2.05) is 24.3 Å². The molecule has 0 saturated carbocycles. The zero-order valence-electron chi connectivity index (χ0n) is 15.0. The second-order valence-corrected chi connectivity index (χ2v) is 6.80. The number of carbonyl (C=O) groups excluding carboxylic acids is 2. The molecular formula is C21H21Cl2NO3. The molecule has 0 aliphatic heterocycles. The molecule has 1 N–H and O–H groups in total. The lowest BCUT2D eigenvalue weighted by molar-refractivity contribution is -0.142. The van der Waals surface area contributed by atoms with Crippen LogP contribution in [0.15, 0.2) is 48.5 Å². The number of nitrogens with one attached hydrogen (secondary N) is 1. The quantitative estimate of drug-likeness (QED) is 0.463. The molecule has 2 rings (SSSR count). The Morgan fingerprint density at radius 1 is 1.11 bits per heavy atom. The number of anilines is 1. The lowest BCUT2D eigenvalue weighted by Gasteiger charge is -2.07. The minimum absolute atomic E-state index is 0.366. The monoisotopic (exact) mass is 405 g/mol. The SMILES string of the molecule is CCCCc1ccc(NC(=O)COC(=O)C=Cc2ccc(Cl)cc2Cl)cc1. The van der Waals surface area contributed by atoms with Crippen LogP contribution in [0.4, 0.5) is 5.69 Å². The number of hydrogen-bond acceptors (Lipinski definition) is 3. The number of halogens is 2. The average Bonchev–Trinajstić information content (AvgIpc) is 2.65. The van der Waals surface area contributed by atoms with E-state index in [0.29, 0.717) is 21.3 Å². The number of ether oxygens (including phenoxy) is 1. The summed E-state index contributed by atoms with van der Waals surface area (Å²) in [4.78, 5) is 23.6. The Balaban J connectivity index is 1.79. The van der Waals surface area contributed by atoms with Gasteiger partial charge in [-0.1, -0.05) is 54.7 Å². The Hall–Kier alpha value is -2.30. The molecule has 0 unspecified atom stereocenters. The normalized spacial score (nSPS) is 10.8. The fourth-order valence-electron chi connectivity index (χ4n) is 2.31. The molecule has 0 fully saturated rings. The van der Waals surface area contributed by atoms with Crippen LogP contribution in [0.25, 0.3) is 6.08 Å². The van der Waals surface area contributed by atoms with Crippen molar-refractivity contribution in [2.45, 2.75) is 26.2 Å². The van der Waals surface area contributed by atoms with E-state index in [1.54, 1.807) is 18.2 Å². The Morgan fingerprint density at radius 2 is 1.85 bits per heavy atom. The van der Waals surface area contributed by atoms with Crippen LogP contribution < -0.4 is 5.32 Å². The number of rotatable bonds is 8. The van der Waals surface area contributed by atoms with Gasteiger partial charge in [0.05, 0.1) is 0 Å². The van der Waals surface area contributed by atoms with E-state index < -0.39 is 11.9 Å². The molecule has 142 valence electrons. The van der Waals surface area contributed by atoms with Crippen LogP contribution in [0.5, 0.6) is 0 Å². The van der Waals surface area contributed by atoms with Crippen LogP contribution in [0.2, 0.25) is 10.0 Å². The van der Waals surface area contributed by atoms with Crippen molar-refractivity contribution in [1.82, 2.24) is 0 Å². The lowest BCUT2D eigenvalue weighted by atomic mass is 10.1. The van der Waals surface area contributed by atoms with Crippen molar-refractivity contribution in [2.75, 3.05) is 11.9 Å². The maximum atomic E-state index is 11.9. The molecule has 0 spiro atoms. The molecule has 0 saturated heterocycles. The van der Waals surface area contributed by atoms with Crippen molar-refractivity contribution in [3.63, 3.8) is 0 Å². The molecule has 0 aromatic heterocycles. The van der Waals surface area contributed by atoms with E-state index in [2.05, 4.69) is 12.2 Å². The fourth-order valence-corrected chi connectivity index (χ4v) is 2.78. The molecule has 0 aliphatic rings. The van der Waals surface area contributed by atoms with Gasteiger partial charge < -0.3 is 10.1 Å². The number of unbranched alkanes of at least 4 members (excludes halogenated alkanes) is 1. The number of amides is 1. The van der Waals surface area contributed by atoms with E-state index >= 15 is 0 Å². The van der Waals surface area contributed by atoms with E-state index in [9.17, 15) is 9.59 Å². The Bertz CT molecular complexity index is 817. The van der Waals surface area contributed by atoms with Crippen LogP contribution >= 0.6 is 23.2 Å². The molecule has 27 heavy (non-hydrogen) atoms. The maximum absolute atomic E-state index is 11.9. The second kappa shape index (κ2) is 10.8. The largest absolute Gasteiger partial charge is 0.452 e. The van der Waals surface area contributed by atoms with Crippen LogP contribution in [-0.2, 0) is 20.7 Å². The van der Waals surface area contributed by atoms with Gasteiger partial charge in [-0.25, -0.2) is 4.79 Å². The minimum Gasteiger partial charge on any atom is -0.452 e. The third-order valence-corrected chi connectivity index (χ3v) is 4.33. The summed E-state index contributed by atoms with van der Waals surface area (Å²) in [6.07, 6.45) is 6.02. The smallest absolute Gasteiger partial charge is 0.331 e. The highest BCUT2D eigenvalue weighted by Crippen LogP contribution is 2.22. The number of aryl methyl sites for hydroxylation is 1. The lowest BCUT2D eigenvalue weighted by Crippen LogP contribution is -2.20. The van der Waals surface area contributed by atoms with Gasteiger partial charge in [0, 0.05) is 21.8 Å². The first-order valence-corrected chi connectivity index (χ1v) is 9.42. The predicted molar refractivity (Wildman–Crippen MR) is 110 cm³/mol. The number of esters is 1. The zero-order valence-corrected chi connectivity index (χ0v) is 16.5. The summed E-state index contributed by atoms with van der Waals surface area (Å²) in [7, 11) is 0. The molecular weight excluding hydrogens is 385 g/mol. The van der Waals surface area contributed by atoms with E-state index in [0.717, 1.165) is 19.3 Å². The van der Waals surface area contributed by atoms with Crippen molar-refractivity contribution < 1.29 is 14.3 Å². The standard InChI is InChI=1S/C21H21Cl2NO3/c1-2-3-4-15-5-10-18(11-6-15)24-20(25)14-27-21(26)12-8-16-7-9-17(22)13-19(16)23/h5-13H,2-4,14H2,1H3,(H,24,25). The summed E-state index contributed by atoms with van der Waals surface area (Å²) in [5.74, 6) is -1.03. The average molecular weight is 406 g/mol. The highest BCUT2D eigenvalue weighted by molar-refractivity contribution is 6.35. The van der Waals surface area contributed by atoms with Gasteiger partial charge in [0.1, 0.15) is 0 Å². The molecule has 0 heterocycles. The van der Waals surface area contributed by atoms with Crippen LogP contribution in [0.1, 0.15) is 30.9 Å². The van der Waals surface area contributed by atoms with Crippen molar-refractivity contribution in [1.29, 1.82) is 0 Å². The number of benzene rings is 2. The van der Waals surface area contributed by atoms with Gasteiger partial charge >= 0.3 is 5.97 Å². The highest BCUT2D eigenvalue weighted by Gasteiger charge is 2.06. The van der Waals surface area contributed by atoms with Gasteiger partial charge in [0.15, 0.2) is 6.61 Å². The zero-order chi connectivity index (χ0) is 19.6. The molecule has 0 bridgehead atoms. The summed E-state index contributed by atoms with van der Waals surface area (Å²) in [6, 6.07) is 12.6. The van der Waals surface area contributed by atoms with Gasteiger partial charge in [-0.05, 0) is 54.3 Å². The summed E-state index contributed by atoms with van der Waals surface area (Å²) in [5, 5.41) is 3.63. The summed E-state index contributed by atoms with van der Waals surface area (Å²) >= 11 is 11.8. The van der Waals surface area contributed by atoms with Crippen LogP contribution in [-0.4, -0.2) is 18.5 Å². The number of carbonyl (C=O) groups is 2. The van der Waals surface area contributed by atoms with Crippen molar-refractivity contribution in [3.05, 3.63) is 69.7 Å². The Kier molecular flexibility index (Phi) is 8.37. The first-order chi connectivity index (χ1) is 13.0. The van der Waals surface area contributed by atoms with Crippen LogP contribution in [0, 0.1) is 0 Å². The first kappa shape index (κ1) is 21.0. The van der Waals surface area contributed by atoms with Crippen molar-refractivity contribution in [3.8, 4) is 0 Å². The summed E-state index contributed by atoms with van der Waals surface area (Å²) < 4.78 is 4.93. The molecule has 2 aromatic carbocycles. The maximum Gasteiger partial charge on any atom is 0.331 e. The van der Waals surface area contributed by atoms with E-state index in [1.165, 1.54) is 17.7 Å². The predicted octanol–water partition coefficient (Wildman–Crippen LogP) is 5.53. The van der Waals surface area contributed by atoms with Gasteiger partial charge in [0.25, 0.3) is 5.91 Å². The molecule has 4 nitrogen and oxygen atoms in total. The Labute approximate surface area is 169 Å². The summed E-state index contributed by atoms with van der Waals surface area (Å²) in [6.45, 7) is 1.78. The molecule has 1 amide bonds. The van der Waals surface area contributed by atoms with E-state index in [-0.39, 0.29) is 6.61 Å². The third kappa shape index (κ3) is 7.45. The van der Waals surface area contributed by atoms with Crippen molar-refractivity contribution in [2.24, 2.45) is 0 Å². The molecule has 2 aromatic rings. The fraction of sp³-hybridized carbons (Fsp3) is 0.238. The van der Waals surface area contributed by atoms with Gasteiger partial charge in [0.2, 0.25) is 0 Å². The van der Waals surface area contributed by atoms with Crippen molar-refractivity contribution >= 4 is 46.8 Å². The summed E-state index contributed by atoms with van der Waals surface area (Å²) in [5.41, 5.74) is 2.53. The molecule has 0 radical (unpaired) electrons. The molecule has 6 heteroatoms. The minimum atomic E-state index is -0.633. The molecule has 0 atom stereocenters. The molecule has 0 aliphatic carbocycles. The third-order valence-electron chi connectivity index (χ3n) is 3.76. The van der Waals surface area contributed by atoms with Gasteiger partial charge in [-0.15, -0.1) is 0 Å². The highest BCUT2D eigenvalue weighted by atomic mass is 35.5. The first-order valence-electron chi connectivity index (χ1n) is 8.66. The van der Waals surface area contributed by atoms with Gasteiger partial charge in [-0.2, -0.15) is 0 Å². The number of hydrogen-bond donors (Lipinski definition) is 1. The topological polar surface area (TPSA) is 55.4 Å². The van der Waals surface area contributed by atoms with E-state index in [4.69, 9.17) is 27.9 Å².